The van der Waals surface area contributed by atoms with E-state index in [1.807, 2.05) is 27.7 Å². The Balaban J connectivity index is 2.29. The fraction of sp³-hybridized carbons (Fsp3) is 0.867. The van der Waals surface area contributed by atoms with Gasteiger partial charge < -0.3 is 9.80 Å². The molecule has 1 saturated carbocycles. The van der Waals surface area contributed by atoms with Crippen LogP contribution in [0.5, 0.6) is 0 Å². The molecule has 0 unspecified atom stereocenters. The molecule has 0 aromatic heterocycles. The van der Waals surface area contributed by atoms with Gasteiger partial charge in [0.1, 0.15) is 0 Å². The minimum absolute atomic E-state index is 0.0300. The Morgan fingerprint density at radius 3 is 2.09 bits per heavy atom. The van der Waals surface area contributed by atoms with Gasteiger partial charge in [0.25, 0.3) is 0 Å². The number of piperazine rings is 1. The third-order valence-corrected chi connectivity index (χ3v) is 6.89. The van der Waals surface area contributed by atoms with Crippen LogP contribution in [-0.4, -0.2) is 65.7 Å². The Labute approximate surface area is 132 Å². The third kappa shape index (κ3) is 2.53. The average Bonchev–Trinajstić information content (AvgIpc) is 2.21. The van der Waals surface area contributed by atoms with Gasteiger partial charge >= 0.3 is 0 Å². The number of amides is 2. The van der Waals surface area contributed by atoms with Gasteiger partial charge in [0.15, 0.2) is 14.6 Å². The standard InChI is InChI=1S/C15H26N2O4S/c1-11(2)17-12(18)9-16(10-14(17,3)4)13(19)15(7-6-8-15)22(5,20)21/h11H,6-10H2,1-5H3. The molecule has 2 amide bonds. The van der Waals surface area contributed by atoms with Crippen LogP contribution in [0.15, 0.2) is 0 Å². The van der Waals surface area contributed by atoms with Gasteiger partial charge in [0.05, 0.1) is 12.1 Å². The molecule has 0 radical (unpaired) electrons. The van der Waals surface area contributed by atoms with Crippen molar-refractivity contribution >= 4 is 21.7 Å². The normalized spacial score (nSPS) is 24.4. The van der Waals surface area contributed by atoms with Gasteiger partial charge in [-0.1, -0.05) is 0 Å². The zero-order chi connectivity index (χ0) is 16.9. The van der Waals surface area contributed by atoms with Crippen molar-refractivity contribution in [1.29, 1.82) is 0 Å². The Morgan fingerprint density at radius 2 is 1.77 bits per heavy atom. The van der Waals surface area contributed by atoms with Crippen molar-refractivity contribution in [2.75, 3.05) is 19.3 Å². The first-order chi connectivity index (χ1) is 9.92. The number of hydrogen-bond donors (Lipinski definition) is 0. The molecule has 0 aromatic carbocycles. The van der Waals surface area contributed by atoms with Crippen LogP contribution in [0.3, 0.4) is 0 Å². The van der Waals surface area contributed by atoms with E-state index in [2.05, 4.69) is 0 Å². The van der Waals surface area contributed by atoms with Crippen molar-refractivity contribution in [1.82, 2.24) is 9.80 Å². The molecule has 1 heterocycles. The number of carbonyl (C=O) groups is 2. The number of sulfone groups is 1. The minimum atomic E-state index is -3.48. The molecule has 2 fully saturated rings. The maximum atomic E-state index is 12.8. The first-order valence-corrected chi connectivity index (χ1v) is 9.63. The molecule has 22 heavy (non-hydrogen) atoms. The molecule has 0 bridgehead atoms. The van der Waals surface area contributed by atoms with Crippen molar-refractivity contribution in [3.8, 4) is 0 Å². The van der Waals surface area contributed by atoms with E-state index in [0.29, 0.717) is 19.4 Å². The van der Waals surface area contributed by atoms with Gasteiger partial charge in [0, 0.05) is 18.8 Å². The lowest BCUT2D eigenvalue weighted by Crippen LogP contribution is -2.68. The quantitative estimate of drug-likeness (QED) is 0.767. The smallest absolute Gasteiger partial charge is 0.244 e. The van der Waals surface area contributed by atoms with Crippen molar-refractivity contribution in [3.63, 3.8) is 0 Å². The second-order valence-corrected chi connectivity index (χ2v) is 9.78. The molecule has 0 spiro atoms. The van der Waals surface area contributed by atoms with Crippen LogP contribution in [0.1, 0.15) is 47.0 Å². The van der Waals surface area contributed by atoms with Gasteiger partial charge in [0.2, 0.25) is 11.8 Å². The summed E-state index contributed by atoms with van der Waals surface area (Å²) >= 11 is 0. The second kappa shape index (κ2) is 5.22. The highest BCUT2D eigenvalue weighted by atomic mass is 32.2. The van der Waals surface area contributed by atoms with E-state index in [4.69, 9.17) is 0 Å². The number of rotatable bonds is 3. The average molecular weight is 330 g/mol. The minimum Gasteiger partial charge on any atom is -0.332 e. The highest BCUT2D eigenvalue weighted by Crippen LogP contribution is 2.41. The number of nitrogens with zero attached hydrogens (tertiary/aromatic N) is 2. The molecule has 2 aliphatic rings. The van der Waals surface area contributed by atoms with Gasteiger partial charge in [-0.2, -0.15) is 0 Å². The summed E-state index contributed by atoms with van der Waals surface area (Å²) in [4.78, 5) is 28.5. The Hall–Kier alpha value is -1.11. The molecule has 0 atom stereocenters. The van der Waals surface area contributed by atoms with Gasteiger partial charge in [-0.3, -0.25) is 9.59 Å². The summed E-state index contributed by atoms with van der Waals surface area (Å²) in [6.07, 6.45) is 2.59. The van der Waals surface area contributed by atoms with Crippen LogP contribution in [0.2, 0.25) is 0 Å². The van der Waals surface area contributed by atoms with Crippen molar-refractivity contribution in [2.45, 2.75) is 63.3 Å². The molecule has 1 aliphatic carbocycles. The zero-order valence-corrected chi connectivity index (χ0v) is 14.9. The molecule has 6 nitrogen and oxygen atoms in total. The van der Waals surface area contributed by atoms with E-state index in [9.17, 15) is 18.0 Å². The highest BCUT2D eigenvalue weighted by Gasteiger charge is 2.56. The van der Waals surface area contributed by atoms with Gasteiger partial charge in [-0.05, 0) is 47.0 Å². The predicted molar refractivity (Wildman–Crippen MR) is 84.1 cm³/mol. The van der Waals surface area contributed by atoms with Crippen LogP contribution in [0, 0.1) is 0 Å². The molecular formula is C15H26N2O4S. The van der Waals surface area contributed by atoms with Crippen molar-refractivity contribution in [3.05, 3.63) is 0 Å². The van der Waals surface area contributed by atoms with Gasteiger partial charge in [-0.15, -0.1) is 0 Å². The Bertz CT molecular complexity index is 591. The van der Waals surface area contributed by atoms with Gasteiger partial charge in [-0.25, -0.2) is 8.42 Å². The molecule has 0 N–H and O–H groups in total. The largest absolute Gasteiger partial charge is 0.332 e. The summed E-state index contributed by atoms with van der Waals surface area (Å²) in [7, 11) is -3.48. The second-order valence-electron chi connectivity index (χ2n) is 7.45. The lowest BCUT2D eigenvalue weighted by Gasteiger charge is -2.51. The van der Waals surface area contributed by atoms with E-state index >= 15 is 0 Å². The molecule has 2 rings (SSSR count). The van der Waals surface area contributed by atoms with E-state index in [0.717, 1.165) is 12.7 Å². The first-order valence-electron chi connectivity index (χ1n) is 7.73. The zero-order valence-electron chi connectivity index (χ0n) is 14.0. The van der Waals surface area contributed by atoms with E-state index in [1.165, 1.54) is 4.90 Å². The van der Waals surface area contributed by atoms with Crippen molar-refractivity contribution < 1.29 is 18.0 Å². The van der Waals surface area contributed by atoms with E-state index in [1.54, 1.807) is 4.90 Å². The van der Waals surface area contributed by atoms with Crippen LogP contribution in [0.25, 0.3) is 0 Å². The van der Waals surface area contributed by atoms with Crippen LogP contribution >= 0.6 is 0 Å². The molecule has 7 heteroatoms. The summed E-state index contributed by atoms with van der Waals surface area (Å²) in [6, 6.07) is 0.0484. The van der Waals surface area contributed by atoms with Crippen LogP contribution in [-0.2, 0) is 19.4 Å². The molecular weight excluding hydrogens is 304 g/mol. The molecule has 0 aromatic rings. The summed E-state index contributed by atoms with van der Waals surface area (Å²) in [5, 5.41) is 0. The monoisotopic (exact) mass is 330 g/mol. The number of hydrogen-bond acceptors (Lipinski definition) is 4. The molecule has 1 aliphatic heterocycles. The SMILES string of the molecule is CC(C)N1C(=O)CN(C(=O)C2(S(C)(=O)=O)CCC2)CC1(C)C. The van der Waals surface area contributed by atoms with Crippen LogP contribution in [0.4, 0.5) is 0 Å². The third-order valence-electron chi connectivity index (χ3n) is 4.89. The molecule has 126 valence electrons. The topological polar surface area (TPSA) is 74.8 Å². The summed E-state index contributed by atoms with van der Waals surface area (Å²) in [5.41, 5.74) is -0.498. The van der Waals surface area contributed by atoms with Crippen LogP contribution < -0.4 is 0 Å². The lowest BCUT2D eigenvalue weighted by atomic mass is 9.82. The predicted octanol–water partition coefficient (Wildman–Crippen LogP) is 0.811. The summed E-state index contributed by atoms with van der Waals surface area (Å²) in [5.74, 6) is -0.520. The van der Waals surface area contributed by atoms with Crippen molar-refractivity contribution in [2.24, 2.45) is 0 Å². The number of carbonyl (C=O) groups excluding carboxylic acids is 2. The summed E-state index contributed by atoms with van der Waals surface area (Å²) in [6.45, 7) is 8.06. The maximum Gasteiger partial charge on any atom is 0.244 e. The fourth-order valence-electron chi connectivity index (χ4n) is 3.84. The maximum absolute atomic E-state index is 12.8. The van der Waals surface area contributed by atoms with E-state index in [-0.39, 0.29) is 18.5 Å². The fourth-order valence-corrected chi connectivity index (χ4v) is 5.31. The Kier molecular flexibility index (Phi) is 4.09. The first kappa shape index (κ1) is 17.2. The molecule has 1 saturated heterocycles. The summed E-state index contributed by atoms with van der Waals surface area (Å²) < 4.78 is 22.9. The highest BCUT2D eigenvalue weighted by molar-refractivity contribution is 7.93. The van der Waals surface area contributed by atoms with E-state index < -0.39 is 26.0 Å². The lowest BCUT2D eigenvalue weighted by molar-refractivity contribution is -0.157. The Morgan fingerprint density at radius 1 is 1.23 bits per heavy atom.